The molecule has 0 saturated heterocycles. The SMILES string of the molecule is [B]C1=CN2C(c3ccc(C(=O)OCC)c(Cl)c3)=CNC2C=C1. The van der Waals surface area contributed by atoms with E-state index in [1.807, 2.05) is 35.5 Å². The molecule has 0 bridgehead atoms. The Labute approximate surface area is 135 Å². The summed E-state index contributed by atoms with van der Waals surface area (Å²) in [5, 5.41) is 3.61. The number of esters is 1. The predicted octanol–water partition coefficient (Wildman–Crippen LogP) is 2.63. The first-order valence-electron chi connectivity index (χ1n) is 6.97. The Balaban J connectivity index is 1.89. The van der Waals surface area contributed by atoms with Crippen LogP contribution in [0.25, 0.3) is 5.70 Å². The van der Waals surface area contributed by atoms with Gasteiger partial charge in [-0.3, -0.25) is 0 Å². The molecule has 22 heavy (non-hydrogen) atoms. The zero-order valence-electron chi connectivity index (χ0n) is 12.0. The Morgan fingerprint density at radius 2 is 2.32 bits per heavy atom. The lowest BCUT2D eigenvalue weighted by Crippen LogP contribution is -2.33. The summed E-state index contributed by atoms with van der Waals surface area (Å²) in [7, 11) is 5.85. The van der Waals surface area contributed by atoms with Crippen LogP contribution in [0.4, 0.5) is 0 Å². The second-order valence-corrected chi connectivity index (χ2v) is 5.36. The molecule has 0 spiro atoms. The van der Waals surface area contributed by atoms with Crippen LogP contribution in [0.15, 0.2) is 48.2 Å². The van der Waals surface area contributed by atoms with E-state index in [9.17, 15) is 4.79 Å². The van der Waals surface area contributed by atoms with Crippen LogP contribution in [0, 0.1) is 0 Å². The minimum Gasteiger partial charge on any atom is -0.462 e. The average molecular weight is 313 g/mol. The lowest BCUT2D eigenvalue weighted by Gasteiger charge is -2.27. The smallest absolute Gasteiger partial charge is 0.339 e. The highest BCUT2D eigenvalue weighted by Crippen LogP contribution is 2.31. The van der Waals surface area contributed by atoms with Gasteiger partial charge in [0, 0.05) is 11.8 Å². The Morgan fingerprint density at radius 1 is 1.50 bits per heavy atom. The van der Waals surface area contributed by atoms with E-state index in [1.165, 1.54) is 0 Å². The number of fused-ring (bicyclic) bond motifs is 1. The molecule has 1 aromatic rings. The third-order valence-electron chi connectivity index (χ3n) is 3.49. The number of ether oxygens (including phenoxy) is 1. The third-order valence-corrected chi connectivity index (χ3v) is 3.80. The maximum atomic E-state index is 11.8. The molecule has 0 amide bonds. The average Bonchev–Trinajstić information content (AvgIpc) is 2.90. The molecule has 1 aromatic carbocycles. The summed E-state index contributed by atoms with van der Waals surface area (Å²) in [6.45, 7) is 2.08. The fraction of sp³-hybridized carbons (Fsp3) is 0.188. The summed E-state index contributed by atoms with van der Waals surface area (Å²) >= 11 is 6.22. The molecule has 6 heteroatoms. The number of hydrogen-bond acceptors (Lipinski definition) is 4. The first kappa shape index (κ1) is 14.8. The van der Waals surface area contributed by atoms with Gasteiger partial charge in [0.2, 0.25) is 0 Å². The summed E-state index contributed by atoms with van der Waals surface area (Å²) < 4.78 is 4.98. The summed E-state index contributed by atoms with van der Waals surface area (Å²) in [5.41, 5.74) is 2.88. The molecule has 0 aromatic heterocycles. The van der Waals surface area contributed by atoms with Crippen molar-refractivity contribution in [3.63, 3.8) is 0 Å². The fourth-order valence-corrected chi connectivity index (χ4v) is 2.71. The van der Waals surface area contributed by atoms with Crippen molar-refractivity contribution in [1.82, 2.24) is 10.2 Å². The Hall–Kier alpha value is -2.14. The van der Waals surface area contributed by atoms with Crippen molar-refractivity contribution in [3.8, 4) is 0 Å². The van der Waals surface area contributed by atoms with E-state index in [4.69, 9.17) is 24.2 Å². The largest absolute Gasteiger partial charge is 0.462 e. The lowest BCUT2D eigenvalue weighted by atomic mass is 9.94. The molecule has 1 atom stereocenters. The topological polar surface area (TPSA) is 41.6 Å². The summed E-state index contributed by atoms with van der Waals surface area (Å²) in [6.07, 6.45) is 7.66. The van der Waals surface area contributed by atoms with Gasteiger partial charge in [-0.15, -0.1) is 0 Å². The third kappa shape index (κ3) is 2.64. The van der Waals surface area contributed by atoms with Crippen molar-refractivity contribution >= 4 is 31.1 Å². The molecule has 1 unspecified atom stereocenters. The van der Waals surface area contributed by atoms with Crippen molar-refractivity contribution in [2.75, 3.05) is 6.61 Å². The number of halogens is 1. The number of benzene rings is 1. The van der Waals surface area contributed by atoms with E-state index in [0.29, 0.717) is 22.7 Å². The highest BCUT2D eigenvalue weighted by atomic mass is 35.5. The van der Waals surface area contributed by atoms with Crippen molar-refractivity contribution in [2.24, 2.45) is 0 Å². The van der Waals surface area contributed by atoms with E-state index in [2.05, 4.69) is 5.32 Å². The number of nitrogens with zero attached hydrogens (tertiary/aromatic N) is 1. The second-order valence-electron chi connectivity index (χ2n) is 4.95. The number of hydrogen-bond donors (Lipinski definition) is 1. The van der Waals surface area contributed by atoms with E-state index in [1.54, 1.807) is 19.1 Å². The highest BCUT2D eigenvalue weighted by molar-refractivity contribution is 6.33. The molecule has 2 aliphatic heterocycles. The minimum atomic E-state index is -0.416. The molecule has 110 valence electrons. The van der Waals surface area contributed by atoms with Gasteiger partial charge in [0.25, 0.3) is 0 Å². The van der Waals surface area contributed by atoms with Crippen LogP contribution in [-0.4, -0.2) is 31.5 Å². The van der Waals surface area contributed by atoms with Crippen molar-refractivity contribution in [3.05, 3.63) is 64.4 Å². The van der Waals surface area contributed by atoms with Crippen molar-refractivity contribution in [2.45, 2.75) is 13.1 Å². The molecular formula is C16H14BClN2O2. The monoisotopic (exact) mass is 312 g/mol. The number of allylic oxidation sites excluding steroid dienone is 2. The molecule has 0 aliphatic carbocycles. The van der Waals surface area contributed by atoms with Gasteiger partial charge in [-0.25, -0.2) is 4.79 Å². The molecule has 3 rings (SSSR count). The lowest BCUT2D eigenvalue weighted by molar-refractivity contribution is 0.0526. The zero-order valence-corrected chi connectivity index (χ0v) is 12.8. The van der Waals surface area contributed by atoms with Crippen LogP contribution in [-0.2, 0) is 4.74 Å². The quantitative estimate of drug-likeness (QED) is 0.688. The van der Waals surface area contributed by atoms with Crippen LogP contribution in [0.1, 0.15) is 22.8 Å². The molecule has 2 heterocycles. The first-order chi connectivity index (χ1) is 10.6. The zero-order chi connectivity index (χ0) is 15.7. The number of rotatable bonds is 3. The van der Waals surface area contributed by atoms with E-state index in [0.717, 1.165) is 11.3 Å². The van der Waals surface area contributed by atoms with Gasteiger partial charge in [-0.2, -0.15) is 0 Å². The normalized spacial score (nSPS) is 19.2. The van der Waals surface area contributed by atoms with Gasteiger partial charge in [0.05, 0.1) is 22.9 Å². The van der Waals surface area contributed by atoms with E-state index in [-0.39, 0.29) is 6.17 Å². The fourth-order valence-electron chi connectivity index (χ4n) is 2.45. The maximum Gasteiger partial charge on any atom is 0.339 e. The first-order valence-corrected chi connectivity index (χ1v) is 7.35. The van der Waals surface area contributed by atoms with Crippen LogP contribution in [0.5, 0.6) is 0 Å². The van der Waals surface area contributed by atoms with Crippen molar-refractivity contribution in [1.29, 1.82) is 0 Å². The Kier molecular flexibility index (Phi) is 3.99. The summed E-state index contributed by atoms with van der Waals surface area (Å²) in [4.78, 5) is 13.8. The number of carbonyl (C=O) groups is 1. The molecule has 2 radical (unpaired) electrons. The Bertz CT molecular complexity index is 712. The standard InChI is InChI=1S/C16H14BClN2O2/c1-2-22-16(21)12-5-3-10(7-13(12)18)14-8-19-15-6-4-11(17)9-20(14)15/h3-9,15,19H,2H2,1H3. The number of carbonyl (C=O) groups excluding carboxylic acids is 1. The summed E-state index contributed by atoms with van der Waals surface area (Å²) in [5.74, 6) is -0.416. The van der Waals surface area contributed by atoms with Gasteiger partial charge < -0.3 is 15.0 Å². The molecule has 0 fully saturated rings. The van der Waals surface area contributed by atoms with Crippen LogP contribution >= 0.6 is 11.6 Å². The number of nitrogens with one attached hydrogen (secondary N) is 1. The van der Waals surface area contributed by atoms with Crippen molar-refractivity contribution < 1.29 is 9.53 Å². The van der Waals surface area contributed by atoms with E-state index >= 15 is 0 Å². The van der Waals surface area contributed by atoms with Crippen LogP contribution in [0.3, 0.4) is 0 Å². The minimum absolute atomic E-state index is 0.0470. The second kappa shape index (κ2) is 5.93. The molecule has 4 nitrogen and oxygen atoms in total. The Morgan fingerprint density at radius 3 is 3.05 bits per heavy atom. The van der Waals surface area contributed by atoms with Gasteiger partial charge in [-0.05, 0) is 31.3 Å². The van der Waals surface area contributed by atoms with Crippen LogP contribution in [0.2, 0.25) is 5.02 Å². The van der Waals surface area contributed by atoms with Gasteiger partial charge in [0.1, 0.15) is 14.0 Å². The van der Waals surface area contributed by atoms with Crippen LogP contribution < -0.4 is 5.32 Å². The van der Waals surface area contributed by atoms with Gasteiger partial charge in [0.15, 0.2) is 0 Å². The molecular weight excluding hydrogens is 298 g/mol. The summed E-state index contributed by atoms with van der Waals surface area (Å²) in [6, 6.07) is 5.28. The van der Waals surface area contributed by atoms with Gasteiger partial charge in [-0.1, -0.05) is 29.2 Å². The molecule has 2 aliphatic rings. The van der Waals surface area contributed by atoms with Gasteiger partial charge >= 0.3 is 5.97 Å². The predicted molar refractivity (Wildman–Crippen MR) is 87.1 cm³/mol. The maximum absolute atomic E-state index is 11.8. The highest BCUT2D eigenvalue weighted by Gasteiger charge is 2.25. The molecule has 0 saturated carbocycles. The molecule has 1 N–H and O–H groups in total. The van der Waals surface area contributed by atoms with E-state index < -0.39 is 5.97 Å².